The van der Waals surface area contributed by atoms with Crippen molar-refractivity contribution in [3.63, 3.8) is 0 Å². The zero-order chi connectivity index (χ0) is 14.5. The molecule has 0 saturated heterocycles. The summed E-state index contributed by atoms with van der Waals surface area (Å²) in [6, 6.07) is 14.1. The first-order chi connectivity index (χ1) is 9.61. The second-order valence-electron chi connectivity index (χ2n) is 4.97. The predicted octanol–water partition coefficient (Wildman–Crippen LogP) is 4.70. The molecule has 106 valence electrons. The quantitative estimate of drug-likeness (QED) is 0.830. The minimum Gasteiger partial charge on any atom is -0.508 e. The van der Waals surface area contributed by atoms with E-state index in [1.165, 1.54) is 11.1 Å². The van der Waals surface area contributed by atoms with E-state index in [9.17, 15) is 5.11 Å². The van der Waals surface area contributed by atoms with Gasteiger partial charge in [0.15, 0.2) is 0 Å². The van der Waals surface area contributed by atoms with E-state index in [2.05, 4.69) is 59.4 Å². The van der Waals surface area contributed by atoms with Gasteiger partial charge in [-0.15, -0.1) is 0 Å². The second-order valence-corrected chi connectivity index (χ2v) is 5.89. The van der Waals surface area contributed by atoms with E-state index in [4.69, 9.17) is 0 Å². The molecule has 0 saturated carbocycles. The van der Waals surface area contributed by atoms with Crippen molar-refractivity contribution in [3.8, 4) is 5.75 Å². The average molecular weight is 334 g/mol. The molecule has 0 spiro atoms. The molecule has 0 heterocycles. The summed E-state index contributed by atoms with van der Waals surface area (Å²) in [5.74, 6) is 0.345. The minimum atomic E-state index is 0.145. The van der Waals surface area contributed by atoms with Crippen LogP contribution in [-0.2, 0) is 6.54 Å². The van der Waals surface area contributed by atoms with Crippen LogP contribution in [0.15, 0.2) is 46.9 Å². The lowest BCUT2D eigenvalue weighted by Gasteiger charge is -2.19. The lowest BCUT2D eigenvalue weighted by atomic mass is 10.0. The van der Waals surface area contributed by atoms with Crippen LogP contribution >= 0.6 is 15.9 Å². The normalized spacial score (nSPS) is 12.3. The Morgan fingerprint density at radius 1 is 1.20 bits per heavy atom. The Morgan fingerprint density at radius 2 is 1.95 bits per heavy atom. The number of hydrogen-bond donors (Lipinski definition) is 2. The van der Waals surface area contributed by atoms with Gasteiger partial charge in [-0.1, -0.05) is 47.1 Å². The molecule has 0 aliphatic rings. The van der Waals surface area contributed by atoms with Gasteiger partial charge < -0.3 is 10.4 Å². The number of aromatic hydroxyl groups is 1. The molecule has 2 aromatic rings. The first-order valence-electron chi connectivity index (χ1n) is 6.88. The van der Waals surface area contributed by atoms with Gasteiger partial charge in [0, 0.05) is 22.6 Å². The predicted molar refractivity (Wildman–Crippen MR) is 86.9 cm³/mol. The molecule has 2 N–H and O–H groups in total. The van der Waals surface area contributed by atoms with Gasteiger partial charge in [0.25, 0.3) is 0 Å². The number of benzene rings is 2. The number of phenols is 1. The van der Waals surface area contributed by atoms with Crippen LogP contribution in [-0.4, -0.2) is 5.11 Å². The molecule has 1 atom stereocenters. The number of nitrogens with one attached hydrogen (secondary N) is 1. The molecule has 2 aromatic carbocycles. The maximum absolute atomic E-state index is 10.0. The van der Waals surface area contributed by atoms with Gasteiger partial charge in [0.1, 0.15) is 5.75 Å². The molecule has 0 bridgehead atoms. The Kier molecular flexibility index (Phi) is 5.21. The Labute approximate surface area is 129 Å². The zero-order valence-electron chi connectivity index (χ0n) is 11.9. The van der Waals surface area contributed by atoms with Crippen LogP contribution < -0.4 is 5.32 Å². The van der Waals surface area contributed by atoms with Gasteiger partial charge in [0.2, 0.25) is 0 Å². The fourth-order valence-electron chi connectivity index (χ4n) is 2.32. The Bertz CT molecular complexity index is 583. The molecule has 0 fully saturated rings. The molecule has 0 aliphatic carbocycles. The van der Waals surface area contributed by atoms with Crippen molar-refractivity contribution in [2.45, 2.75) is 32.9 Å². The molecule has 0 amide bonds. The van der Waals surface area contributed by atoms with Gasteiger partial charge >= 0.3 is 0 Å². The third kappa shape index (κ3) is 3.62. The summed E-state index contributed by atoms with van der Waals surface area (Å²) >= 11 is 3.46. The molecular weight excluding hydrogens is 314 g/mol. The lowest BCUT2D eigenvalue weighted by Crippen LogP contribution is -2.20. The van der Waals surface area contributed by atoms with Gasteiger partial charge in [-0.25, -0.2) is 0 Å². The maximum Gasteiger partial charge on any atom is 0.120 e. The van der Waals surface area contributed by atoms with E-state index in [1.54, 1.807) is 6.07 Å². The molecule has 1 unspecified atom stereocenters. The van der Waals surface area contributed by atoms with E-state index in [0.717, 1.165) is 23.0 Å². The van der Waals surface area contributed by atoms with Crippen molar-refractivity contribution in [3.05, 3.63) is 63.6 Å². The topological polar surface area (TPSA) is 32.3 Å². The van der Waals surface area contributed by atoms with Crippen molar-refractivity contribution >= 4 is 15.9 Å². The van der Waals surface area contributed by atoms with Crippen LogP contribution in [0.4, 0.5) is 0 Å². The smallest absolute Gasteiger partial charge is 0.120 e. The van der Waals surface area contributed by atoms with Crippen molar-refractivity contribution in [2.75, 3.05) is 0 Å². The van der Waals surface area contributed by atoms with Gasteiger partial charge in [-0.3, -0.25) is 0 Å². The number of hydrogen-bond acceptors (Lipinski definition) is 2. The van der Waals surface area contributed by atoms with Crippen molar-refractivity contribution in [1.29, 1.82) is 0 Å². The standard InChI is InChI=1S/C17H20BrNO/c1-3-16(15-10-14(18)8-9-17(15)20)19-11-13-7-5-4-6-12(13)2/h4-10,16,19-20H,3,11H2,1-2H3. The summed E-state index contributed by atoms with van der Waals surface area (Å²) in [6.07, 6.45) is 0.926. The molecule has 2 nitrogen and oxygen atoms in total. The Hall–Kier alpha value is -1.32. The van der Waals surface area contributed by atoms with E-state index < -0.39 is 0 Å². The molecule has 0 aliphatic heterocycles. The highest BCUT2D eigenvalue weighted by Gasteiger charge is 2.13. The second kappa shape index (κ2) is 6.91. The third-order valence-corrected chi connectivity index (χ3v) is 4.07. The van der Waals surface area contributed by atoms with E-state index in [1.807, 2.05) is 12.1 Å². The van der Waals surface area contributed by atoms with E-state index in [-0.39, 0.29) is 6.04 Å². The Balaban J connectivity index is 2.13. The van der Waals surface area contributed by atoms with Gasteiger partial charge in [-0.05, 0) is 42.7 Å². The maximum atomic E-state index is 10.0. The van der Waals surface area contributed by atoms with Crippen molar-refractivity contribution in [2.24, 2.45) is 0 Å². The average Bonchev–Trinajstić information content (AvgIpc) is 2.45. The molecule has 3 heteroatoms. The van der Waals surface area contributed by atoms with Crippen LogP contribution in [0.25, 0.3) is 0 Å². The SMILES string of the molecule is CCC(NCc1ccccc1C)c1cc(Br)ccc1O. The van der Waals surface area contributed by atoms with Crippen LogP contribution in [0.2, 0.25) is 0 Å². The van der Waals surface area contributed by atoms with E-state index in [0.29, 0.717) is 5.75 Å². The monoisotopic (exact) mass is 333 g/mol. The van der Waals surface area contributed by atoms with Crippen LogP contribution in [0.5, 0.6) is 5.75 Å². The van der Waals surface area contributed by atoms with Crippen molar-refractivity contribution in [1.82, 2.24) is 5.32 Å². The zero-order valence-corrected chi connectivity index (χ0v) is 13.4. The number of rotatable bonds is 5. The van der Waals surface area contributed by atoms with Gasteiger partial charge in [0.05, 0.1) is 0 Å². The molecule has 0 aromatic heterocycles. The Morgan fingerprint density at radius 3 is 2.65 bits per heavy atom. The highest BCUT2D eigenvalue weighted by atomic mass is 79.9. The fourth-order valence-corrected chi connectivity index (χ4v) is 2.70. The van der Waals surface area contributed by atoms with E-state index >= 15 is 0 Å². The first-order valence-corrected chi connectivity index (χ1v) is 7.67. The number of aryl methyl sites for hydroxylation is 1. The molecular formula is C17H20BrNO. The summed E-state index contributed by atoms with van der Waals surface area (Å²) in [5, 5.41) is 13.6. The first kappa shape index (κ1) is 15.1. The summed E-state index contributed by atoms with van der Waals surface area (Å²) in [7, 11) is 0. The summed E-state index contributed by atoms with van der Waals surface area (Å²) in [5.41, 5.74) is 3.52. The van der Waals surface area contributed by atoms with Crippen LogP contribution in [0.1, 0.15) is 36.1 Å². The lowest BCUT2D eigenvalue weighted by molar-refractivity contribution is 0.440. The molecule has 20 heavy (non-hydrogen) atoms. The largest absolute Gasteiger partial charge is 0.508 e. The third-order valence-electron chi connectivity index (χ3n) is 3.57. The highest BCUT2D eigenvalue weighted by Crippen LogP contribution is 2.29. The number of phenolic OH excluding ortho intramolecular Hbond substituents is 1. The van der Waals surface area contributed by atoms with Crippen molar-refractivity contribution < 1.29 is 5.11 Å². The summed E-state index contributed by atoms with van der Waals surface area (Å²) < 4.78 is 0.987. The number of halogens is 1. The fraction of sp³-hybridized carbons (Fsp3) is 0.294. The minimum absolute atomic E-state index is 0.145. The van der Waals surface area contributed by atoms with Crippen LogP contribution in [0, 0.1) is 6.92 Å². The summed E-state index contributed by atoms with van der Waals surface area (Å²) in [6.45, 7) is 5.04. The summed E-state index contributed by atoms with van der Waals surface area (Å²) in [4.78, 5) is 0. The molecule has 0 radical (unpaired) electrons. The van der Waals surface area contributed by atoms with Gasteiger partial charge in [-0.2, -0.15) is 0 Å². The molecule has 2 rings (SSSR count). The van der Waals surface area contributed by atoms with Crippen LogP contribution in [0.3, 0.4) is 0 Å². The highest BCUT2D eigenvalue weighted by molar-refractivity contribution is 9.10.